The zero-order valence-electron chi connectivity index (χ0n) is 18.4. The van der Waals surface area contributed by atoms with Crippen LogP contribution >= 0.6 is 0 Å². The van der Waals surface area contributed by atoms with Crippen molar-refractivity contribution in [3.05, 3.63) is 82.0 Å². The highest BCUT2D eigenvalue weighted by Crippen LogP contribution is 2.50. The maximum Gasteiger partial charge on any atom is 0.306 e. The van der Waals surface area contributed by atoms with Gasteiger partial charge in [-0.2, -0.15) is 0 Å². The van der Waals surface area contributed by atoms with Crippen molar-refractivity contribution in [3.8, 4) is 34.3 Å². The first-order valence-electron chi connectivity index (χ1n) is 10.4. The summed E-state index contributed by atoms with van der Waals surface area (Å²) in [4.78, 5) is 25.4. The minimum Gasteiger partial charge on any atom is -0.504 e. The summed E-state index contributed by atoms with van der Waals surface area (Å²) >= 11 is 0. The molecule has 0 saturated carbocycles. The molecule has 8 heteroatoms. The Bertz CT molecular complexity index is 1420. The molecule has 0 unspecified atom stereocenters. The number of para-hydroxylation sites is 1. The van der Waals surface area contributed by atoms with Crippen molar-refractivity contribution in [1.82, 2.24) is 0 Å². The van der Waals surface area contributed by atoms with E-state index in [2.05, 4.69) is 0 Å². The summed E-state index contributed by atoms with van der Waals surface area (Å²) in [6, 6.07) is 16.8. The molecule has 1 aromatic heterocycles. The van der Waals surface area contributed by atoms with Crippen molar-refractivity contribution >= 4 is 16.9 Å². The number of ether oxygens (including phenoxy) is 2. The average molecular weight is 462 g/mol. The highest BCUT2D eigenvalue weighted by Gasteiger charge is 2.32. The van der Waals surface area contributed by atoms with Crippen LogP contribution in [0.25, 0.3) is 22.3 Å². The van der Waals surface area contributed by atoms with Crippen molar-refractivity contribution in [2.45, 2.75) is 12.3 Å². The third kappa shape index (κ3) is 3.90. The summed E-state index contributed by atoms with van der Waals surface area (Å²) in [5.41, 5.74) is 0.200. The Morgan fingerprint density at radius 2 is 1.62 bits per heavy atom. The Hall–Kier alpha value is -4.46. The molecular formula is C26H22O8. The summed E-state index contributed by atoms with van der Waals surface area (Å²) in [6.45, 7) is 0. The average Bonchev–Trinajstić information content (AvgIpc) is 2.86. The molecule has 1 atom stereocenters. The van der Waals surface area contributed by atoms with Crippen molar-refractivity contribution in [1.29, 1.82) is 0 Å². The first kappa shape index (κ1) is 22.7. The summed E-state index contributed by atoms with van der Waals surface area (Å²) in [5.74, 6) is -3.42. The number of phenolic OH excluding ortho intramolecular Hbond substituents is 3. The van der Waals surface area contributed by atoms with Crippen LogP contribution in [-0.2, 0) is 9.53 Å². The van der Waals surface area contributed by atoms with E-state index in [4.69, 9.17) is 13.9 Å². The van der Waals surface area contributed by atoms with Gasteiger partial charge in [-0.15, -0.1) is 0 Å². The molecule has 8 nitrogen and oxygen atoms in total. The maximum atomic E-state index is 13.0. The molecule has 0 fully saturated rings. The van der Waals surface area contributed by atoms with Gasteiger partial charge in [0.05, 0.1) is 20.6 Å². The van der Waals surface area contributed by atoms with Gasteiger partial charge >= 0.3 is 5.97 Å². The van der Waals surface area contributed by atoms with Crippen LogP contribution in [0.1, 0.15) is 23.5 Å². The van der Waals surface area contributed by atoms with Gasteiger partial charge in [0, 0.05) is 28.7 Å². The zero-order chi connectivity index (χ0) is 24.4. The SMILES string of the molecule is COC(=O)C[C@H](c1ccccc1OC)c1c(O)c(O)c(O)c2c(=O)cc(-c3ccccc3)oc12. The molecule has 0 aliphatic rings. The molecular weight excluding hydrogens is 440 g/mol. The lowest BCUT2D eigenvalue weighted by molar-refractivity contribution is -0.140. The van der Waals surface area contributed by atoms with E-state index in [1.54, 1.807) is 54.6 Å². The Morgan fingerprint density at radius 1 is 0.941 bits per heavy atom. The van der Waals surface area contributed by atoms with E-state index in [1.165, 1.54) is 20.3 Å². The Labute approximate surface area is 194 Å². The molecule has 34 heavy (non-hydrogen) atoms. The van der Waals surface area contributed by atoms with Gasteiger partial charge in [-0.1, -0.05) is 48.5 Å². The number of benzene rings is 3. The van der Waals surface area contributed by atoms with E-state index < -0.39 is 34.6 Å². The summed E-state index contributed by atoms with van der Waals surface area (Å²) < 4.78 is 16.3. The van der Waals surface area contributed by atoms with Gasteiger partial charge in [0.1, 0.15) is 22.5 Å². The molecule has 0 saturated heterocycles. The van der Waals surface area contributed by atoms with Crippen LogP contribution < -0.4 is 10.2 Å². The normalized spacial score (nSPS) is 11.8. The van der Waals surface area contributed by atoms with Crippen molar-refractivity contribution in [2.24, 2.45) is 0 Å². The lowest BCUT2D eigenvalue weighted by Crippen LogP contribution is -2.13. The zero-order valence-corrected chi connectivity index (χ0v) is 18.4. The molecule has 0 amide bonds. The molecule has 4 aromatic rings. The molecule has 0 radical (unpaired) electrons. The number of rotatable bonds is 6. The lowest BCUT2D eigenvalue weighted by atomic mass is 9.85. The predicted octanol–water partition coefficient (Wildman–Crippen LogP) is 4.28. The molecule has 0 bridgehead atoms. The monoisotopic (exact) mass is 462 g/mol. The van der Waals surface area contributed by atoms with Crippen LogP contribution in [0.5, 0.6) is 23.0 Å². The fourth-order valence-electron chi connectivity index (χ4n) is 4.01. The topological polar surface area (TPSA) is 126 Å². The van der Waals surface area contributed by atoms with E-state index >= 15 is 0 Å². The number of esters is 1. The minimum atomic E-state index is -0.952. The molecule has 3 aromatic carbocycles. The fraction of sp³-hybridized carbons (Fsp3) is 0.154. The van der Waals surface area contributed by atoms with Gasteiger partial charge in [0.2, 0.25) is 5.75 Å². The summed E-state index contributed by atoms with van der Waals surface area (Å²) in [7, 11) is 2.68. The number of phenols is 3. The highest BCUT2D eigenvalue weighted by molar-refractivity contribution is 5.93. The van der Waals surface area contributed by atoms with E-state index in [9.17, 15) is 24.9 Å². The number of fused-ring (bicyclic) bond motifs is 1. The van der Waals surface area contributed by atoms with Gasteiger partial charge in [0.25, 0.3) is 0 Å². The number of carbonyl (C=O) groups is 1. The first-order chi connectivity index (χ1) is 16.4. The van der Waals surface area contributed by atoms with Crippen LogP contribution in [0.3, 0.4) is 0 Å². The van der Waals surface area contributed by atoms with Crippen LogP contribution in [-0.4, -0.2) is 35.5 Å². The second-order valence-corrected chi connectivity index (χ2v) is 7.58. The molecule has 0 aliphatic carbocycles. The number of methoxy groups -OCH3 is 2. The minimum absolute atomic E-state index is 0.0601. The predicted molar refractivity (Wildman–Crippen MR) is 124 cm³/mol. The van der Waals surface area contributed by atoms with Crippen molar-refractivity contribution < 1.29 is 34.0 Å². The highest BCUT2D eigenvalue weighted by atomic mass is 16.5. The van der Waals surface area contributed by atoms with Crippen LogP contribution in [0, 0.1) is 0 Å². The van der Waals surface area contributed by atoms with Gasteiger partial charge in [-0.3, -0.25) is 9.59 Å². The quantitative estimate of drug-likeness (QED) is 0.286. The molecule has 0 spiro atoms. The summed E-state index contributed by atoms with van der Waals surface area (Å²) in [6.07, 6.45) is -0.275. The third-order valence-corrected chi connectivity index (χ3v) is 5.65. The molecule has 1 heterocycles. The Balaban J connectivity index is 2.12. The molecule has 4 rings (SSSR count). The number of aromatic hydroxyl groups is 3. The van der Waals surface area contributed by atoms with Gasteiger partial charge in [0.15, 0.2) is 16.9 Å². The Morgan fingerprint density at radius 3 is 2.29 bits per heavy atom. The van der Waals surface area contributed by atoms with Gasteiger partial charge in [-0.25, -0.2) is 0 Å². The molecule has 3 N–H and O–H groups in total. The van der Waals surface area contributed by atoms with Gasteiger partial charge in [-0.05, 0) is 6.07 Å². The molecule has 0 aliphatic heterocycles. The third-order valence-electron chi connectivity index (χ3n) is 5.65. The maximum absolute atomic E-state index is 13.0. The van der Waals surface area contributed by atoms with E-state index in [0.29, 0.717) is 16.9 Å². The number of hydrogen-bond donors (Lipinski definition) is 3. The van der Waals surface area contributed by atoms with Crippen LogP contribution in [0.2, 0.25) is 0 Å². The lowest BCUT2D eigenvalue weighted by Gasteiger charge is -2.22. The standard InChI is InChI=1S/C26H22O8/c1-32-18-11-7-6-10-15(18)16(12-20(28)33-2)21-23(29)25(31)24(30)22-17(27)13-19(34-26(21)22)14-8-4-3-5-9-14/h3-11,13,16,29-31H,12H2,1-2H3/t16-/m1/s1. The van der Waals surface area contributed by atoms with E-state index in [-0.39, 0.29) is 28.7 Å². The smallest absolute Gasteiger partial charge is 0.306 e. The second-order valence-electron chi connectivity index (χ2n) is 7.58. The number of carbonyl (C=O) groups excluding carboxylic acids is 1. The first-order valence-corrected chi connectivity index (χ1v) is 10.4. The van der Waals surface area contributed by atoms with Crippen LogP contribution in [0.4, 0.5) is 0 Å². The fourth-order valence-corrected chi connectivity index (χ4v) is 4.01. The van der Waals surface area contributed by atoms with Crippen molar-refractivity contribution in [3.63, 3.8) is 0 Å². The van der Waals surface area contributed by atoms with Gasteiger partial charge < -0.3 is 29.2 Å². The van der Waals surface area contributed by atoms with E-state index in [0.717, 1.165) is 0 Å². The van der Waals surface area contributed by atoms with Crippen LogP contribution in [0.15, 0.2) is 69.9 Å². The largest absolute Gasteiger partial charge is 0.504 e. The molecule has 174 valence electrons. The van der Waals surface area contributed by atoms with E-state index in [1.807, 2.05) is 0 Å². The second kappa shape index (κ2) is 9.19. The Kier molecular flexibility index (Phi) is 6.14. The van der Waals surface area contributed by atoms with Crippen molar-refractivity contribution in [2.75, 3.05) is 14.2 Å². The number of hydrogen-bond acceptors (Lipinski definition) is 8. The summed E-state index contributed by atoms with van der Waals surface area (Å²) in [5, 5.41) is 31.6.